The molecular weight excluding hydrogens is 166 g/mol. The van der Waals surface area contributed by atoms with Crippen LogP contribution in [0.3, 0.4) is 0 Å². The van der Waals surface area contributed by atoms with Crippen molar-refractivity contribution in [2.45, 2.75) is 13.8 Å². The predicted molar refractivity (Wildman–Crippen MR) is 50.4 cm³/mol. The molecule has 66 valence electrons. The number of nitro benzene ring substituents is 1. The zero-order chi connectivity index (χ0) is 9.84. The Morgan fingerprint density at radius 3 is 2.69 bits per heavy atom. The van der Waals surface area contributed by atoms with Crippen molar-refractivity contribution < 1.29 is 4.92 Å². The van der Waals surface area contributed by atoms with Gasteiger partial charge in [-0.05, 0) is 19.4 Å². The molecule has 1 aromatic carbocycles. The average Bonchev–Trinajstić information content (AvgIpc) is 2.08. The van der Waals surface area contributed by atoms with Gasteiger partial charge in [0.1, 0.15) is 0 Å². The fourth-order valence-electron chi connectivity index (χ4n) is 0.993. The van der Waals surface area contributed by atoms with Crippen LogP contribution < -0.4 is 0 Å². The second kappa shape index (κ2) is 3.72. The van der Waals surface area contributed by atoms with Crippen molar-refractivity contribution in [3.63, 3.8) is 0 Å². The molecule has 3 heteroatoms. The smallest absolute Gasteiger partial charge is 0.258 e. The maximum Gasteiger partial charge on any atom is 0.270 e. The second-order valence-corrected chi connectivity index (χ2v) is 2.63. The van der Waals surface area contributed by atoms with Gasteiger partial charge in [-0.2, -0.15) is 0 Å². The Morgan fingerprint density at radius 2 is 2.15 bits per heavy atom. The summed E-state index contributed by atoms with van der Waals surface area (Å²) >= 11 is 0. The van der Waals surface area contributed by atoms with E-state index in [2.05, 4.69) is 11.8 Å². The minimum Gasteiger partial charge on any atom is -0.258 e. The highest BCUT2D eigenvalue weighted by molar-refractivity contribution is 5.47. The number of hydrogen-bond acceptors (Lipinski definition) is 2. The SMILES string of the molecule is CC#Cc1cc([N+](=O)[O-])ccc1C. The zero-order valence-corrected chi connectivity index (χ0v) is 7.50. The summed E-state index contributed by atoms with van der Waals surface area (Å²) in [6.07, 6.45) is 0. The van der Waals surface area contributed by atoms with Gasteiger partial charge in [-0.3, -0.25) is 10.1 Å². The van der Waals surface area contributed by atoms with Crippen molar-refractivity contribution in [3.8, 4) is 11.8 Å². The molecule has 0 spiro atoms. The third kappa shape index (κ3) is 2.06. The zero-order valence-electron chi connectivity index (χ0n) is 7.50. The lowest BCUT2D eigenvalue weighted by atomic mass is 10.1. The molecule has 3 nitrogen and oxygen atoms in total. The van der Waals surface area contributed by atoms with E-state index in [9.17, 15) is 10.1 Å². The molecule has 1 aromatic rings. The van der Waals surface area contributed by atoms with Crippen molar-refractivity contribution in [2.24, 2.45) is 0 Å². The standard InChI is InChI=1S/C10H9NO2/c1-3-4-9-7-10(11(12)13)6-5-8(9)2/h5-7H,1-2H3. The number of nitrogens with zero attached hydrogens (tertiary/aromatic N) is 1. The second-order valence-electron chi connectivity index (χ2n) is 2.63. The Kier molecular flexibility index (Phi) is 2.65. The normalized spacial score (nSPS) is 8.77. The number of non-ortho nitro benzene ring substituents is 1. The number of benzene rings is 1. The molecule has 0 radical (unpaired) electrons. The van der Waals surface area contributed by atoms with E-state index in [1.54, 1.807) is 13.0 Å². The first-order valence-electron chi connectivity index (χ1n) is 3.83. The minimum atomic E-state index is -0.416. The van der Waals surface area contributed by atoms with E-state index >= 15 is 0 Å². The predicted octanol–water partition coefficient (Wildman–Crippen LogP) is 2.27. The van der Waals surface area contributed by atoms with Gasteiger partial charge in [-0.15, -0.1) is 5.92 Å². The Bertz CT molecular complexity index is 399. The summed E-state index contributed by atoms with van der Waals surface area (Å²) in [5, 5.41) is 10.4. The van der Waals surface area contributed by atoms with Crippen molar-refractivity contribution in [1.82, 2.24) is 0 Å². The minimum absolute atomic E-state index is 0.0864. The Hall–Kier alpha value is -1.82. The van der Waals surface area contributed by atoms with Gasteiger partial charge >= 0.3 is 0 Å². The molecule has 0 fully saturated rings. The highest BCUT2D eigenvalue weighted by Crippen LogP contribution is 2.16. The van der Waals surface area contributed by atoms with E-state index in [4.69, 9.17) is 0 Å². The third-order valence-corrected chi connectivity index (χ3v) is 1.69. The van der Waals surface area contributed by atoms with Crippen LogP contribution in [0.4, 0.5) is 5.69 Å². The summed E-state index contributed by atoms with van der Waals surface area (Å²) in [6.45, 7) is 3.58. The van der Waals surface area contributed by atoms with Crippen LogP contribution >= 0.6 is 0 Å². The number of hydrogen-bond donors (Lipinski definition) is 0. The summed E-state index contributed by atoms with van der Waals surface area (Å²) in [5.41, 5.74) is 1.76. The molecule has 1 rings (SSSR count). The van der Waals surface area contributed by atoms with Crippen LogP contribution in [0.1, 0.15) is 18.1 Å². The summed E-state index contributed by atoms with van der Waals surface area (Å²) in [5.74, 6) is 5.53. The van der Waals surface area contributed by atoms with E-state index in [0.29, 0.717) is 0 Å². The largest absolute Gasteiger partial charge is 0.270 e. The third-order valence-electron chi connectivity index (χ3n) is 1.69. The first-order valence-corrected chi connectivity index (χ1v) is 3.83. The van der Waals surface area contributed by atoms with Crippen molar-refractivity contribution in [1.29, 1.82) is 0 Å². The molecule has 0 saturated carbocycles. The molecule has 0 aliphatic carbocycles. The maximum absolute atomic E-state index is 10.4. The lowest BCUT2D eigenvalue weighted by Gasteiger charge is -1.96. The van der Waals surface area contributed by atoms with Crippen molar-refractivity contribution >= 4 is 5.69 Å². The molecule has 13 heavy (non-hydrogen) atoms. The van der Waals surface area contributed by atoms with E-state index in [0.717, 1.165) is 11.1 Å². The Labute approximate surface area is 76.5 Å². The van der Waals surface area contributed by atoms with Gasteiger partial charge in [-0.1, -0.05) is 12.0 Å². The fraction of sp³-hybridized carbons (Fsp3) is 0.200. The van der Waals surface area contributed by atoms with Crippen molar-refractivity contribution in [3.05, 3.63) is 39.4 Å². The lowest BCUT2D eigenvalue weighted by molar-refractivity contribution is -0.384. The van der Waals surface area contributed by atoms with E-state index < -0.39 is 4.92 Å². The molecule has 0 saturated heterocycles. The maximum atomic E-state index is 10.4. The fourth-order valence-corrected chi connectivity index (χ4v) is 0.993. The highest BCUT2D eigenvalue weighted by Gasteiger charge is 2.06. The van der Waals surface area contributed by atoms with Crippen LogP contribution in [0.5, 0.6) is 0 Å². The molecule has 0 amide bonds. The monoisotopic (exact) mass is 175 g/mol. The summed E-state index contributed by atoms with van der Waals surface area (Å²) in [4.78, 5) is 10.0. The van der Waals surface area contributed by atoms with Crippen LogP contribution in [0.25, 0.3) is 0 Å². The molecule has 0 unspecified atom stereocenters. The number of aryl methyl sites for hydroxylation is 1. The van der Waals surface area contributed by atoms with Crippen LogP contribution in [0.2, 0.25) is 0 Å². The molecule has 0 N–H and O–H groups in total. The van der Waals surface area contributed by atoms with Gasteiger partial charge in [0.25, 0.3) is 5.69 Å². The van der Waals surface area contributed by atoms with Crippen molar-refractivity contribution in [2.75, 3.05) is 0 Å². The van der Waals surface area contributed by atoms with E-state index in [-0.39, 0.29) is 5.69 Å². The molecular formula is C10H9NO2. The molecule has 0 atom stereocenters. The summed E-state index contributed by atoms with van der Waals surface area (Å²) < 4.78 is 0. The lowest BCUT2D eigenvalue weighted by Crippen LogP contribution is -1.90. The van der Waals surface area contributed by atoms with E-state index in [1.807, 2.05) is 6.92 Å². The summed E-state index contributed by atoms with van der Waals surface area (Å²) in [7, 11) is 0. The van der Waals surface area contributed by atoms with Crippen LogP contribution in [-0.2, 0) is 0 Å². The van der Waals surface area contributed by atoms with Gasteiger partial charge < -0.3 is 0 Å². The van der Waals surface area contributed by atoms with Gasteiger partial charge in [-0.25, -0.2) is 0 Å². The molecule has 0 aromatic heterocycles. The Morgan fingerprint density at radius 1 is 1.46 bits per heavy atom. The van der Waals surface area contributed by atoms with Gasteiger partial charge in [0.2, 0.25) is 0 Å². The van der Waals surface area contributed by atoms with Gasteiger partial charge in [0.15, 0.2) is 0 Å². The molecule has 0 heterocycles. The number of nitro groups is 1. The first kappa shape index (κ1) is 9.27. The van der Waals surface area contributed by atoms with Gasteiger partial charge in [0.05, 0.1) is 4.92 Å². The topological polar surface area (TPSA) is 43.1 Å². The molecule has 0 bridgehead atoms. The highest BCUT2D eigenvalue weighted by atomic mass is 16.6. The quantitative estimate of drug-likeness (QED) is 0.373. The van der Waals surface area contributed by atoms with Crippen LogP contribution in [0.15, 0.2) is 18.2 Å². The number of rotatable bonds is 1. The van der Waals surface area contributed by atoms with Crippen LogP contribution in [0, 0.1) is 28.9 Å². The molecule has 0 aliphatic heterocycles. The Balaban J connectivity index is 3.24. The summed E-state index contributed by atoms with van der Waals surface area (Å²) in [6, 6.07) is 4.68. The molecule has 0 aliphatic rings. The van der Waals surface area contributed by atoms with Gasteiger partial charge in [0, 0.05) is 17.7 Å². The first-order chi connectivity index (χ1) is 6.15. The van der Waals surface area contributed by atoms with Crippen LogP contribution in [-0.4, -0.2) is 4.92 Å². The van der Waals surface area contributed by atoms with E-state index in [1.165, 1.54) is 12.1 Å². The average molecular weight is 175 g/mol.